The van der Waals surface area contributed by atoms with Crippen molar-refractivity contribution in [3.63, 3.8) is 0 Å². The molecule has 5 nitrogen and oxygen atoms in total. The number of anilines is 1. The van der Waals surface area contributed by atoms with E-state index in [0.29, 0.717) is 0 Å². The first-order valence-electron chi connectivity index (χ1n) is 2.49. The van der Waals surface area contributed by atoms with Crippen LogP contribution in [0.15, 0.2) is 11.0 Å². The van der Waals surface area contributed by atoms with Crippen LogP contribution < -0.4 is 11.3 Å². The predicted molar refractivity (Wildman–Crippen MR) is 34.0 cm³/mol. The van der Waals surface area contributed by atoms with Crippen LogP contribution >= 0.6 is 0 Å². The van der Waals surface area contributed by atoms with Crippen LogP contribution in [0.2, 0.25) is 0 Å². The van der Waals surface area contributed by atoms with Gasteiger partial charge in [-0.05, 0) is 0 Å². The van der Waals surface area contributed by atoms with Gasteiger partial charge in [0.1, 0.15) is 11.9 Å². The van der Waals surface area contributed by atoms with E-state index in [1.54, 1.807) is 6.07 Å². The van der Waals surface area contributed by atoms with Gasteiger partial charge in [-0.15, -0.1) is 0 Å². The Balaban J connectivity index is 3.38. The molecule has 0 aromatic carbocycles. The van der Waals surface area contributed by atoms with E-state index in [-0.39, 0.29) is 11.5 Å². The molecule has 0 saturated carbocycles. The number of aromatic amines is 1. The molecule has 0 fully saturated rings. The van der Waals surface area contributed by atoms with Gasteiger partial charge in [0.05, 0.1) is 6.20 Å². The molecule has 0 saturated heterocycles. The van der Waals surface area contributed by atoms with Crippen LogP contribution in [0.3, 0.4) is 0 Å². The summed E-state index contributed by atoms with van der Waals surface area (Å²) in [4.78, 5) is 16.3. The maximum atomic E-state index is 10.7. The highest BCUT2D eigenvalue weighted by atomic mass is 16.1. The van der Waals surface area contributed by atoms with E-state index < -0.39 is 5.56 Å². The van der Waals surface area contributed by atoms with Gasteiger partial charge in [0.25, 0.3) is 5.56 Å². The van der Waals surface area contributed by atoms with Gasteiger partial charge in [0, 0.05) is 0 Å². The monoisotopic (exact) mass is 136 g/mol. The number of rotatable bonds is 0. The van der Waals surface area contributed by atoms with E-state index >= 15 is 0 Å². The van der Waals surface area contributed by atoms with E-state index in [2.05, 4.69) is 9.97 Å². The SMILES string of the molecule is N#Cc1ncc(N)[nH]c1=O. The Bertz CT molecular complexity index is 334. The second kappa shape index (κ2) is 2.19. The van der Waals surface area contributed by atoms with Crippen LogP contribution in [-0.4, -0.2) is 9.97 Å². The van der Waals surface area contributed by atoms with Crippen molar-refractivity contribution < 1.29 is 0 Å². The molecule has 0 aliphatic heterocycles. The molecule has 0 atom stereocenters. The molecule has 0 aliphatic rings. The van der Waals surface area contributed by atoms with Gasteiger partial charge < -0.3 is 10.7 Å². The van der Waals surface area contributed by atoms with Crippen molar-refractivity contribution in [3.8, 4) is 6.07 Å². The summed E-state index contributed by atoms with van der Waals surface area (Å²) in [6, 6.07) is 1.61. The number of H-pyrrole nitrogens is 1. The lowest BCUT2D eigenvalue weighted by Crippen LogP contribution is -2.13. The van der Waals surface area contributed by atoms with E-state index in [1.807, 2.05) is 0 Å². The lowest BCUT2D eigenvalue weighted by atomic mass is 10.5. The fourth-order valence-electron chi connectivity index (χ4n) is 0.495. The molecule has 0 radical (unpaired) electrons. The van der Waals surface area contributed by atoms with Crippen molar-refractivity contribution in [3.05, 3.63) is 22.2 Å². The van der Waals surface area contributed by atoms with Gasteiger partial charge in [0.15, 0.2) is 0 Å². The first-order chi connectivity index (χ1) is 4.74. The smallest absolute Gasteiger partial charge is 0.286 e. The Morgan fingerprint density at radius 2 is 2.50 bits per heavy atom. The number of nitrogens with zero attached hydrogens (tertiary/aromatic N) is 2. The summed E-state index contributed by atoms with van der Waals surface area (Å²) in [5.41, 5.74) is 4.43. The number of aromatic nitrogens is 2. The number of hydrogen-bond donors (Lipinski definition) is 2. The van der Waals surface area contributed by atoms with Gasteiger partial charge in [-0.3, -0.25) is 4.79 Å². The minimum atomic E-state index is -0.553. The first-order valence-corrected chi connectivity index (χ1v) is 2.49. The third-order valence-electron chi connectivity index (χ3n) is 0.912. The summed E-state index contributed by atoms with van der Waals surface area (Å²) in [5.74, 6) is 0.156. The third-order valence-corrected chi connectivity index (χ3v) is 0.912. The lowest BCUT2D eigenvalue weighted by Gasteiger charge is -1.88. The Morgan fingerprint density at radius 1 is 1.80 bits per heavy atom. The van der Waals surface area contributed by atoms with Crippen molar-refractivity contribution in [2.24, 2.45) is 0 Å². The summed E-state index contributed by atoms with van der Waals surface area (Å²) >= 11 is 0. The van der Waals surface area contributed by atoms with E-state index in [4.69, 9.17) is 11.0 Å². The molecule has 3 N–H and O–H groups in total. The van der Waals surface area contributed by atoms with Crippen LogP contribution in [0.4, 0.5) is 5.82 Å². The van der Waals surface area contributed by atoms with Crippen molar-refractivity contribution in [2.45, 2.75) is 0 Å². The van der Waals surface area contributed by atoms with Crippen molar-refractivity contribution in [1.29, 1.82) is 5.26 Å². The van der Waals surface area contributed by atoms with Crippen LogP contribution in [0, 0.1) is 11.3 Å². The Labute approximate surface area is 56.1 Å². The van der Waals surface area contributed by atoms with Crippen LogP contribution in [-0.2, 0) is 0 Å². The predicted octanol–water partition coefficient (Wildman–Crippen LogP) is -0.776. The first kappa shape index (κ1) is 6.29. The molecule has 5 heteroatoms. The standard InChI is InChI=1S/C5H4N4O/c6-1-3-5(10)9-4(7)2-8-3/h2H,(H3,7,9,10). The van der Waals surface area contributed by atoms with Gasteiger partial charge in [-0.2, -0.15) is 5.26 Å². The van der Waals surface area contributed by atoms with Gasteiger partial charge in [-0.1, -0.05) is 0 Å². The molecule has 0 unspecified atom stereocenters. The summed E-state index contributed by atoms with van der Waals surface area (Å²) in [7, 11) is 0. The van der Waals surface area contributed by atoms with Gasteiger partial charge >= 0.3 is 0 Å². The molecule has 0 bridgehead atoms. The summed E-state index contributed by atoms with van der Waals surface area (Å²) < 4.78 is 0. The van der Waals surface area contributed by atoms with Gasteiger partial charge in [0.2, 0.25) is 5.69 Å². The Kier molecular flexibility index (Phi) is 1.38. The molecule has 1 aromatic heterocycles. The largest absolute Gasteiger partial charge is 0.384 e. The van der Waals surface area contributed by atoms with Crippen molar-refractivity contribution in [2.75, 3.05) is 5.73 Å². The minimum absolute atomic E-state index is 0.156. The summed E-state index contributed by atoms with van der Waals surface area (Å²) in [6.45, 7) is 0. The quantitative estimate of drug-likeness (QED) is 0.489. The highest BCUT2D eigenvalue weighted by Crippen LogP contribution is 1.86. The molecule has 1 aromatic rings. The molecule has 0 aliphatic carbocycles. The Morgan fingerprint density at radius 3 is 3.00 bits per heavy atom. The number of nitrogen functional groups attached to an aromatic ring is 1. The molecule has 50 valence electrons. The van der Waals surface area contributed by atoms with E-state index in [0.717, 1.165) is 0 Å². The normalized spacial score (nSPS) is 8.70. The summed E-state index contributed by atoms with van der Waals surface area (Å²) in [5, 5.41) is 8.24. The fourth-order valence-corrected chi connectivity index (χ4v) is 0.495. The molecule has 10 heavy (non-hydrogen) atoms. The van der Waals surface area contributed by atoms with Crippen molar-refractivity contribution in [1.82, 2.24) is 9.97 Å². The average Bonchev–Trinajstić information content (AvgIpc) is 1.88. The number of nitrogens with one attached hydrogen (secondary N) is 1. The maximum absolute atomic E-state index is 10.7. The number of hydrogen-bond acceptors (Lipinski definition) is 4. The highest BCUT2D eigenvalue weighted by Gasteiger charge is 1.96. The fraction of sp³-hybridized carbons (Fsp3) is 0. The molecule has 1 rings (SSSR count). The zero-order chi connectivity index (χ0) is 7.56. The average molecular weight is 136 g/mol. The topological polar surface area (TPSA) is 95.6 Å². The summed E-state index contributed by atoms with van der Waals surface area (Å²) in [6.07, 6.45) is 1.22. The zero-order valence-electron chi connectivity index (χ0n) is 4.96. The van der Waals surface area contributed by atoms with Crippen LogP contribution in [0.1, 0.15) is 5.69 Å². The second-order valence-corrected chi connectivity index (χ2v) is 1.63. The molecular formula is C5H4N4O. The minimum Gasteiger partial charge on any atom is -0.384 e. The Hall–Kier alpha value is -1.83. The van der Waals surface area contributed by atoms with E-state index in [9.17, 15) is 4.79 Å². The van der Waals surface area contributed by atoms with Crippen LogP contribution in [0.5, 0.6) is 0 Å². The maximum Gasteiger partial charge on any atom is 0.286 e. The third kappa shape index (κ3) is 0.951. The lowest BCUT2D eigenvalue weighted by molar-refractivity contribution is 1.11. The molecule has 1 heterocycles. The second-order valence-electron chi connectivity index (χ2n) is 1.63. The molecular weight excluding hydrogens is 132 g/mol. The van der Waals surface area contributed by atoms with Crippen molar-refractivity contribution >= 4 is 5.82 Å². The zero-order valence-corrected chi connectivity index (χ0v) is 4.96. The number of nitrogens with two attached hydrogens (primary N) is 1. The van der Waals surface area contributed by atoms with E-state index in [1.165, 1.54) is 6.20 Å². The van der Waals surface area contributed by atoms with Crippen LogP contribution in [0.25, 0.3) is 0 Å². The molecule has 0 amide bonds. The highest BCUT2D eigenvalue weighted by molar-refractivity contribution is 5.26. The number of nitriles is 1. The van der Waals surface area contributed by atoms with Gasteiger partial charge in [-0.25, -0.2) is 4.98 Å². The molecule has 0 spiro atoms.